The van der Waals surface area contributed by atoms with Gasteiger partial charge in [0.05, 0.1) is 10.6 Å². The predicted octanol–water partition coefficient (Wildman–Crippen LogP) is 3.59. The summed E-state index contributed by atoms with van der Waals surface area (Å²) in [6.07, 6.45) is 9.27. The molecule has 1 aliphatic carbocycles. The van der Waals surface area contributed by atoms with Crippen molar-refractivity contribution in [3.05, 3.63) is 22.8 Å². The molecule has 0 bridgehead atoms. The van der Waals surface area contributed by atoms with E-state index in [9.17, 15) is 4.79 Å². The highest BCUT2D eigenvalue weighted by atomic mass is 35.5. The van der Waals surface area contributed by atoms with Gasteiger partial charge in [0.2, 0.25) is 0 Å². The highest BCUT2D eigenvalue weighted by Crippen LogP contribution is 2.46. The summed E-state index contributed by atoms with van der Waals surface area (Å²) in [7, 11) is 0. The summed E-state index contributed by atoms with van der Waals surface area (Å²) >= 11 is 5.87. The van der Waals surface area contributed by atoms with E-state index in [0.29, 0.717) is 5.41 Å². The molecule has 0 aromatic carbocycles. The van der Waals surface area contributed by atoms with Gasteiger partial charge in [-0.3, -0.25) is 0 Å². The standard InChI is InChI=1S/C15H19ClN2O2/c16-12-10-17-13(9-11(12)14(19)20)18-7-5-15(6-8-18)3-1-2-4-15/h9-10H,1-8H2,(H,19,20). The third kappa shape index (κ3) is 2.49. The number of hydrogen-bond acceptors (Lipinski definition) is 3. The predicted molar refractivity (Wildman–Crippen MR) is 78.6 cm³/mol. The van der Waals surface area contributed by atoms with Gasteiger partial charge in [0.1, 0.15) is 5.82 Å². The van der Waals surface area contributed by atoms with Crippen molar-refractivity contribution in [2.75, 3.05) is 18.0 Å². The van der Waals surface area contributed by atoms with Crippen LogP contribution in [0.1, 0.15) is 48.9 Å². The van der Waals surface area contributed by atoms with Gasteiger partial charge in [-0.15, -0.1) is 0 Å². The Morgan fingerprint density at radius 1 is 1.25 bits per heavy atom. The van der Waals surface area contributed by atoms with Crippen LogP contribution in [0.4, 0.5) is 5.82 Å². The van der Waals surface area contributed by atoms with Crippen LogP contribution in [-0.4, -0.2) is 29.1 Å². The second-order valence-electron chi connectivity index (χ2n) is 6.02. The summed E-state index contributed by atoms with van der Waals surface area (Å²) in [4.78, 5) is 17.6. The summed E-state index contributed by atoms with van der Waals surface area (Å²) < 4.78 is 0. The van der Waals surface area contributed by atoms with E-state index in [1.807, 2.05) is 0 Å². The molecule has 108 valence electrons. The molecule has 1 spiro atoms. The molecule has 1 saturated heterocycles. The van der Waals surface area contributed by atoms with Gasteiger partial charge in [0.15, 0.2) is 0 Å². The maximum absolute atomic E-state index is 11.1. The SMILES string of the molecule is O=C(O)c1cc(N2CCC3(CCCC3)CC2)ncc1Cl. The van der Waals surface area contributed by atoms with Crippen LogP contribution in [0.5, 0.6) is 0 Å². The van der Waals surface area contributed by atoms with Gasteiger partial charge < -0.3 is 10.0 Å². The normalized spacial score (nSPS) is 21.4. The minimum atomic E-state index is -0.997. The molecular weight excluding hydrogens is 276 g/mol. The number of carboxylic acids is 1. The molecule has 0 atom stereocenters. The Hall–Kier alpha value is -1.29. The first-order chi connectivity index (χ1) is 9.60. The van der Waals surface area contributed by atoms with Crippen molar-refractivity contribution in [3.63, 3.8) is 0 Å². The van der Waals surface area contributed by atoms with E-state index in [2.05, 4.69) is 9.88 Å². The number of aromatic nitrogens is 1. The molecule has 5 heteroatoms. The van der Waals surface area contributed by atoms with Crippen LogP contribution in [0, 0.1) is 5.41 Å². The summed E-state index contributed by atoms with van der Waals surface area (Å²) in [6, 6.07) is 1.59. The van der Waals surface area contributed by atoms with Gasteiger partial charge in [-0.05, 0) is 37.2 Å². The van der Waals surface area contributed by atoms with Crippen LogP contribution in [0.25, 0.3) is 0 Å². The number of halogens is 1. The van der Waals surface area contributed by atoms with Gasteiger partial charge >= 0.3 is 5.97 Å². The molecule has 2 aliphatic rings. The van der Waals surface area contributed by atoms with Crippen molar-refractivity contribution in [3.8, 4) is 0 Å². The van der Waals surface area contributed by atoms with Crippen molar-refractivity contribution in [2.45, 2.75) is 38.5 Å². The molecule has 0 unspecified atom stereocenters. The van der Waals surface area contributed by atoms with Crippen LogP contribution < -0.4 is 4.90 Å². The molecule has 3 rings (SSSR count). The molecule has 1 aliphatic heterocycles. The Morgan fingerprint density at radius 3 is 2.50 bits per heavy atom. The number of pyridine rings is 1. The van der Waals surface area contributed by atoms with Crippen LogP contribution >= 0.6 is 11.6 Å². The van der Waals surface area contributed by atoms with Crippen LogP contribution in [0.3, 0.4) is 0 Å². The first kappa shape index (κ1) is 13.7. The Labute approximate surface area is 123 Å². The molecule has 4 nitrogen and oxygen atoms in total. The Kier molecular flexibility index (Phi) is 3.59. The zero-order chi connectivity index (χ0) is 14.2. The first-order valence-corrected chi connectivity index (χ1v) is 7.61. The summed E-state index contributed by atoms with van der Waals surface area (Å²) in [6.45, 7) is 1.93. The molecule has 0 radical (unpaired) electrons. The Bertz CT molecular complexity index is 517. The quantitative estimate of drug-likeness (QED) is 0.905. The van der Waals surface area contributed by atoms with Crippen molar-refractivity contribution in [1.29, 1.82) is 0 Å². The fraction of sp³-hybridized carbons (Fsp3) is 0.600. The zero-order valence-electron chi connectivity index (χ0n) is 11.4. The maximum atomic E-state index is 11.1. The molecule has 0 amide bonds. The lowest BCUT2D eigenvalue weighted by molar-refractivity contribution is 0.0697. The number of anilines is 1. The highest BCUT2D eigenvalue weighted by Gasteiger charge is 2.37. The molecule has 1 N–H and O–H groups in total. The minimum absolute atomic E-state index is 0.137. The second-order valence-corrected chi connectivity index (χ2v) is 6.43. The Balaban J connectivity index is 1.75. The van der Waals surface area contributed by atoms with Gasteiger partial charge in [0, 0.05) is 19.3 Å². The van der Waals surface area contributed by atoms with Crippen LogP contribution in [0.2, 0.25) is 5.02 Å². The van der Waals surface area contributed by atoms with Crippen molar-refractivity contribution < 1.29 is 9.90 Å². The fourth-order valence-corrected chi connectivity index (χ4v) is 3.78. The van der Waals surface area contributed by atoms with E-state index in [0.717, 1.165) is 18.9 Å². The smallest absolute Gasteiger partial charge is 0.337 e. The minimum Gasteiger partial charge on any atom is -0.478 e. The molecular formula is C15H19ClN2O2. The van der Waals surface area contributed by atoms with Gasteiger partial charge in [-0.25, -0.2) is 9.78 Å². The topological polar surface area (TPSA) is 53.4 Å². The zero-order valence-corrected chi connectivity index (χ0v) is 12.2. The van der Waals surface area contributed by atoms with E-state index in [1.54, 1.807) is 6.07 Å². The molecule has 1 aromatic rings. The number of carbonyl (C=O) groups is 1. The van der Waals surface area contributed by atoms with E-state index in [4.69, 9.17) is 16.7 Å². The van der Waals surface area contributed by atoms with Crippen molar-refractivity contribution >= 4 is 23.4 Å². The summed E-state index contributed by atoms with van der Waals surface area (Å²) in [5.74, 6) is -0.262. The summed E-state index contributed by atoms with van der Waals surface area (Å²) in [5, 5.41) is 9.32. The van der Waals surface area contributed by atoms with E-state index >= 15 is 0 Å². The summed E-state index contributed by atoms with van der Waals surface area (Å²) in [5.41, 5.74) is 0.691. The lowest BCUT2D eigenvalue weighted by atomic mass is 9.77. The Morgan fingerprint density at radius 2 is 1.90 bits per heavy atom. The van der Waals surface area contributed by atoms with Crippen molar-refractivity contribution in [1.82, 2.24) is 4.98 Å². The van der Waals surface area contributed by atoms with Gasteiger partial charge in [-0.1, -0.05) is 24.4 Å². The molecule has 2 fully saturated rings. The van der Waals surface area contributed by atoms with E-state index < -0.39 is 5.97 Å². The van der Waals surface area contributed by atoms with Crippen LogP contribution in [0.15, 0.2) is 12.3 Å². The lowest BCUT2D eigenvalue weighted by Crippen LogP contribution is -2.39. The maximum Gasteiger partial charge on any atom is 0.337 e. The molecule has 1 saturated carbocycles. The largest absolute Gasteiger partial charge is 0.478 e. The molecule has 2 heterocycles. The fourth-order valence-electron chi connectivity index (χ4n) is 3.60. The number of hydrogen-bond donors (Lipinski definition) is 1. The van der Waals surface area contributed by atoms with Gasteiger partial charge in [0.25, 0.3) is 0 Å². The van der Waals surface area contributed by atoms with E-state index in [-0.39, 0.29) is 10.6 Å². The van der Waals surface area contributed by atoms with Crippen LogP contribution in [-0.2, 0) is 0 Å². The molecule has 20 heavy (non-hydrogen) atoms. The van der Waals surface area contributed by atoms with Gasteiger partial charge in [-0.2, -0.15) is 0 Å². The number of carboxylic acid groups (broad SMARTS) is 1. The average molecular weight is 295 g/mol. The number of aromatic carboxylic acids is 1. The monoisotopic (exact) mass is 294 g/mol. The second kappa shape index (κ2) is 5.24. The third-order valence-corrected chi connectivity index (χ3v) is 5.18. The van der Waals surface area contributed by atoms with Crippen molar-refractivity contribution in [2.24, 2.45) is 5.41 Å². The average Bonchev–Trinajstić information content (AvgIpc) is 2.88. The first-order valence-electron chi connectivity index (χ1n) is 7.23. The number of rotatable bonds is 2. The third-order valence-electron chi connectivity index (χ3n) is 4.88. The highest BCUT2D eigenvalue weighted by molar-refractivity contribution is 6.33. The number of nitrogens with zero attached hydrogens (tertiary/aromatic N) is 2. The number of piperidine rings is 1. The molecule has 1 aromatic heterocycles. The van der Waals surface area contributed by atoms with E-state index in [1.165, 1.54) is 44.7 Å². The lowest BCUT2D eigenvalue weighted by Gasteiger charge is -2.40.